The van der Waals surface area contributed by atoms with Gasteiger partial charge in [-0.25, -0.2) is 4.39 Å². The molecule has 1 amide bonds. The van der Waals surface area contributed by atoms with Crippen molar-refractivity contribution in [3.05, 3.63) is 58.9 Å². The van der Waals surface area contributed by atoms with E-state index in [1.807, 2.05) is 13.8 Å². The van der Waals surface area contributed by atoms with Gasteiger partial charge in [-0.3, -0.25) is 9.59 Å². The van der Waals surface area contributed by atoms with Crippen LogP contribution < -0.4 is 0 Å². The van der Waals surface area contributed by atoms with E-state index in [0.717, 1.165) is 25.7 Å². The van der Waals surface area contributed by atoms with Crippen LogP contribution in [0.5, 0.6) is 0 Å². The van der Waals surface area contributed by atoms with E-state index in [2.05, 4.69) is 4.90 Å². The number of halogens is 7. The van der Waals surface area contributed by atoms with Crippen LogP contribution in [0.2, 0.25) is 0 Å². The monoisotopic (exact) mass is 660 g/mol. The van der Waals surface area contributed by atoms with Crippen molar-refractivity contribution >= 4 is 11.9 Å². The Labute approximate surface area is 265 Å². The second-order valence-electron chi connectivity index (χ2n) is 13.7. The largest absolute Gasteiger partial charge is 0.469 e. The molecule has 4 rings (SSSR count). The zero-order valence-electron chi connectivity index (χ0n) is 26.8. The molecular weight excluding hydrogens is 617 g/mol. The van der Waals surface area contributed by atoms with Gasteiger partial charge in [0.15, 0.2) is 0 Å². The second-order valence-corrected chi connectivity index (χ2v) is 13.7. The molecule has 1 aliphatic heterocycles. The number of carbonyl (C=O) groups is 2. The number of nitrogens with zero attached hydrogens (tertiary/aromatic N) is 2. The molecule has 4 atom stereocenters. The van der Waals surface area contributed by atoms with Crippen molar-refractivity contribution in [2.24, 2.45) is 29.1 Å². The number of methoxy groups -OCH3 is 1. The highest BCUT2D eigenvalue weighted by Crippen LogP contribution is 2.47. The van der Waals surface area contributed by atoms with E-state index in [4.69, 9.17) is 4.74 Å². The summed E-state index contributed by atoms with van der Waals surface area (Å²) in [5.41, 5.74) is -3.77. The molecule has 5 nitrogen and oxygen atoms in total. The summed E-state index contributed by atoms with van der Waals surface area (Å²) in [5, 5.41) is 0. The normalized spacial score (nSPS) is 27.9. The lowest BCUT2D eigenvalue weighted by Crippen LogP contribution is -2.54. The number of likely N-dealkylation sites (tertiary alicyclic amines) is 1. The van der Waals surface area contributed by atoms with Gasteiger partial charge in [0.25, 0.3) is 0 Å². The number of amides is 1. The molecule has 1 saturated heterocycles. The molecule has 0 N–H and O–H groups in total. The van der Waals surface area contributed by atoms with Gasteiger partial charge in [-0.1, -0.05) is 19.9 Å². The first-order valence-electron chi connectivity index (χ1n) is 15.7. The van der Waals surface area contributed by atoms with Crippen molar-refractivity contribution in [2.75, 3.05) is 27.2 Å². The third kappa shape index (κ3) is 8.15. The van der Waals surface area contributed by atoms with E-state index in [1.54, 1.807) is 6.08 Å². The Hall–Kier alpha value is -2.89. The summed E-state index contributed by atoms with van der Waals surface area (Å²) in [6.07, 6.45) is -1.01. The number of hydrogen-bond acceptors (Lipinski definition) is 4. The quantitative estimate of drug-likeness (QED) is 0.218. The number of piperidine rings is 1. The molecule has 0 spiro atoms. The molecule has 1 saturated carbocycles. The fourth-order valence-electron chi connectivity index (χ4n) is 7.58. The molecule has 3 aliphatic rings. The molecule has 0 radical (unpaired) electrons. The number of ether oxygens (including phenoxy) is 1. The first-order chi connectivity index (χ1) is 21.3. The van der Waals surface area contributed by atoms with Gasteiger partial charge in [-0.05, 0) is 105 Å². The molecule has 46 heavy (non-hydrogen) atoms. The van der Waals surface area contributed by atoms with Crippen LogP contribution in [0, 0.1) is 29.1 Å². The lowest BCUT2D eigenvalue weighted by molar-refractivity contribution is -0.144. The molecule has 1 unspecified atom stereocenters. The maximum absolute atomic E-state index is 14.3. The van der Waals surface area contributed by atoms with Gasteiger partial charge in [0, 0.05) is 32.0 Å². The molecule has 12 heteroatoms. The van der Waals surface area contributed by atoms with Crippen LogP contribution in [0.25, 0.3) is 0 Å². The Bertz CT molecular complexity index is 1300. The minimum absolute atomic E-state index is 0.0802. The molecule has 1 aromatic carbocycles. The average molecular weight is 661 g/mol. The molecule has 0 bridgehead atoms. The van der Waals surface area contributed by atoms with E-state index < -0.39 is 40.9 Å². The van der Waals surface area contributed by atoms with Gasteiger partial charge < -0.3 is 14.5 Å². The predicted molar refractivity (Wildman–Crippen MR) is 159 cm³/mol. The van der Waals surface area contributed by atoms with Crippen LogP contribution in [-0.4, -0.2) is 55.0 Å². The van der Waals surface area contributed by atoms with Crippen LogP contribution in [0.4, 0.5) is 30.7 Å². The standard InChI is InChI=1S/C34H43F7N2O3/c1-20(22-15-23(33(36,37)38)17-24(16-22)34(39,40)41)42(4)31(45)27-12-13-43(26-9-6-21(7-10-26)14-30(44)46-5)19-28(27)29-11-8-25(35)18-32(29,2)3/h8,11,15-18,20-21,26-29H,6-7,9-10,12-14,19H2,1-5H3/t20-,21?,26?,27-,28-,29?/m0/s1. The topological polar surface area (TPSA) is 49.9 Å². The van der Waals surface area contributed by atoms with E-state index >= 15 is 0 Å². The van der Waals surface area contributed by atoms with Gasteiger partial charge >= 0.3 is 18.3 Å². The summed E-state index contributed by atoms with van der Waals surface area (Å²) in [7, 11) is 2.79. The van der Waals surface area contributed by atoms with E-state index in [-0.39, 0.29) is 53.1 Å². The third-order valence-corrected chi connectivity index (χ3v) is 10.3. The first-order valence-corrected chi connectivity index (χ1v) is 15.7. The van der Waals surface area contributed by atoms with Crippen molar-refractivity contribution in [3.8, 4) is 0 Å². The van der Waals surface area contributed by atoms with Gasteiger partial charge in [-0.2, -0.15) is 26.3 Å². The molecular formula is C34H43F7N2O3. The predicted octanol–water partition coefficient (Wildman–Crippen LogP) is 8.37. The third-order valence-electron chi connectivity index (χ3n) is 10.3. The van der Waals surface area contributed by atoms with Crippen molar-refractivity contribution in [1.82, 2.24) is 9.80 Å². The first kappa shape index (κ1) is 36.0. The average Bonchev–Trinajstić information content (AvgIpc) is 2.98. The smallest absolute Gasteiger partial charge is 0.416 e. The summed E-state index contributed by atoms with van der Waals surface area (Å²) in [6.45, 7) is 6.33. The SMILES string of the molecule is COC(=O)CC1CCC(N2CC[C@H](C(=O)N(C)[C@@H](C)c3cc(C(F)(F)F)cc(C(F)(F)F)c3)[C@@H](C3C=CC(F)=CC3(C)C)C2)CC1. The molecule has 2 aliphatic carbocycles. The van der Waals surface area contributed by atoms with Crippen molar-refractivity contribution in [1.29, 1.82) is 0 Å². The number of allylic oxidation sites excluding steroid dienone is 4. The highest BCUT2D eigenvalue weighted by Gasteiger charge is 2.46. The Morgan fingerprint density at radius 1 is 1.00 bits per heavy atom. The van der Waals surface area contributed by atoms with Gasteiger partial charge in [0.1, 0.15) is 5.83 Å². The number of carbonyl (C=O) groups excluding carboxylic acids is 2. The molecule has 1 heterocycles. The highest BCUT2D eigenvalue weighted by molar-refractivity contribution is 5.79. The Morgan fingerprint density at radius 3 is 2.11 bits per heavy atom. The second kappa shape index (κ2) is 13.7. The van der Waals surface area contributed by atoms with Crippen molar-refractivity contribution < 1.29 is 45.1 Å². The van der Waals surface area contributed by atoms with Gasteiger partial charge in [0.05, 0.1) is 24.3 Å². The molecule has 0 aromatic heterocycles. The number of hydrogen-bond donors (Lipinski definition) is 0. The summed E-state index contributed by atoms with van der Waals surface area (Å²) < 4.78 is 101. The zero-order chi connectivity index (χ0) is 34.2. The van der Waals surface area contributed by atoms with Crippen molar-refractivity contribution in [2.45, 2.75) is 83.7 Å². The van der Waals surface area contributed by atoms with Gasteiger partial charge in [-0.15, -0.1) is 0 Å². The van der Waals surface area contributed by atoms with Crippen LogP contribution in [0.15, 0.2) is 42.3 Å². The van der Waals surface area contributed by atoms with Crippen molar-refractivity contribution in [3.63, 3.8) is 0 Å². The number of rotatable bonds is 7. The highest BCUT2D eigenvalue weighted by atomic mass is 19.4. The fraction of sp³-hybridized carbons (Fsp3) is 0.647. The summed E-state index contributed by atoms with van der Waals surface area (Å²) in [4.78, 5) is 29.5. The molecule has 2 fully saturated rings. The number of alkyl halides is 6. The summed E-state index contributed by atoms with van der Waals surface area (Å²) in [5.74, 6) is -1.85. The summed E-state index contributed by atoms with van der Waals surface area (Å²) >= 11 is 0. The Balaban J connectivity index is 1.59. The van der Waals surface area contributed by atoms with E-state index in [1.165, 1.54) is 38.1 Å². The maximum Gasteiger partial charge on any atom is 0.416 e. The molecule has 256 valence electrons. The van der Waals surface area contributed by atoms with Crippen LogP contribution >= 0.6 is 0 Å². The fourth-order valence-corrected chi connectivity index (χ4v) is 7.58. The Morgan fingerprint density at radius 2 is 1.59 bits per heavy atom. The van der Waals surface area contributed by atoms with Gasteiger partial charge in [0.2, 0.25) is 5.91 Å². The van der Waals surface area contributed by atoms with Crippen LogP contribution in [-0.2, 0) is 26.7 Å². The Kier molecular flexibility index (Phi) is 10.7. The summed E-state index contributed by atoms with van der Waals surface area (Å²) in [6, 6.07) is 0.573. The number of benzene rings is 1. The molecule has 1 aromatic rings. The zero-order valence-corrected chi connectivity index (χ0v) is 26.8. The minimum Gasteiger partial charge on any atom is -0.469 e. The van der Waals surface area contributed by atoms with Crippen LogP contribution in [0.1, 0.15) is 82.0 Å². The maximum atomic E-state index is 14.3. The lowest BCUT2D eigenvalue weighted by Gasteiger charge is -2.49. The van der Waals surface area contributed by atoms with Crippen LogP contribution in [0.3, 0.4) is 0 Å². The number of esters is 1. The minimum atomic E-state index is -5.00. The van der Waals surface area contributed by atoms with E-state index in [9.17, 15) is 40.3 Å². The lowest BCUT2D eigenvalue weighted by atomic mass is 9.63. The van der Waals surface area contributed by atoms with E-state index in [0.29, 0.717) is 38.1 Å².